The molecule has 0 spiro atoms. The van der Waals surface area contributed by atoms with Crippen LogP contribution in [0.15, 0.2) is 41.8 Å². The number of aromatic nitrogens is 2. The third kappa shape index (κ3) is 42.5. The third-order valence-corrected chi connectivity index (χ3v) is 17.1. The summed E-state index contributed by atoms with van der Waals surface area (Å²) in [5.74, 6) is -6.69. The number of hydrogen-bond donors (Lipinski definition) is 11. The fourth-order valence-electron chi connectivity index (χ4n) is 11.4. The number of amides is 11. The van der Waals surface area contributed by atoms with Gasteiger partial charge in [-0.1, -0.05) is 28.3 Å². The van der Waals surface area contributed by atoms with Gasteiger partial charge in [0.1, 0.15) is 34.0 Å². The van der Waals surface area contributed by atoms with Crippen molar-refractivity contribution in [2.24, 2.45) is 40.3 Å². The maximum atomic E-state index is 12.5. The summed E-state index contributed by atoms with van der Waals surface area (Å²) in [6.45, 7) is 22.6. The van der Waals surface area contributed by atoms with E-state index in [1.807, 2.05) is 41.5 Å². The van der Waals surface area contributed by atoms with E-state index >= 15 is 0 Å². The molecule has 114 heavy (non-hydrogen) atoms. The monoisotopic (exact) mass is 1670 g/mol. The molecule has 38 nitrogen and oxygen atoms in total. The summed E-state index contributed by atoms with van der Waals surface area (Å²) >= 11 is 11.3. The number of azide groups is 1. The molecule has 12 atom stereocenters. The number of nitrogens with two attached hydrogens (primary N) is 2. The largest absolute Gasteiger partial charge is 0.473 e. The number of carboxylic acids is 2. The molecule has 642 valence electrons. The molecule has 0 bridgehead atoms. The van der Waals surface area contributed by atoms with Gasteiger partial charge in [-0.3, -0.25) is 38.4 Å². The van der Waals surface area contributed by atoms with Gasteiger partial charge >= 0.3 is 48.1 Å². The molecular weight excluding hydrogens is 1560 g/mol. The summed E-state index contributed by atoms with van der Waals surface area (Å²) in [5.41, 5.74) is 18.3. The van der Waals surface area contributed by atoms with E-state index in [1.165, 1.54) is 42.4 Å². The molecule has 0 saturated heterocycles. The van der Waals surface area contributed by atoms with Gasteiger partial charge in [0, 0.05) is 141 Å². The van der Waals surface area contributed by atoms with Gasteiger partial charge in [0.05, 0.1) is 22.1 Å². The standard InChI is InChI=1S/C21H30ClN5O5.C14H25N5O3.2C14H27N3O3.C8H7ClN2O2.C2H2O4.ClH/c1-21(2,3)32-20(31)25-15-10-12(19(30)27(4)5)6-8-14(15)24-17(28)18(29)26-16-9-7-13(22)11-23-16;1-14(2,3)22-13(21)16-11-8-9(12(20)19(4)5)6-7-10(11)17-18-15;2*1-14(2,3)20-13(19)16-11-8-9(6-7-10(11)15)12(18)17(4)5;1-5(12)8(13)11-7-3-2-6(9)4-10-7;3-1(4)2(5)6;/h7,9,11-12,14-15H,6,8,10H2,1-5H3,(H,24,28)(H,25,31)(H,23,26,29);9-11H,6-8H2,1-5H3,(H,16,21);2*9-11H,6-8,15H2,1-5H3,(H,16,19);2-4H,1H3,(H,10,11,13);(H,3,4)(H,5,6);1H/t12-,14-,15+;3*9-,10-,11+;;;/m0000.../s1. The van der Waals surface area contributed by atoms with Crippen LogP contribution in [0.5, 0.6) is 0 Å². The van der Waals surface area contributed by atoms with Gasteiger partial charge in [-0.15, -0.1) is 12.4 Å². The Kier molecular flexibility index (Phi) is 44.5. The van der Waals surface area contributed by atoms with Gasteiger partial charge in [0.15, 0.2) is 0 Å². The second kappa shape index (κ2) is 48.6. The minimum absolute atomic E-state index is 0. The van der Waals surface area contributed by atoms with Crippen LogP contribution in [-0.4, -0.2) is 250 Å². The van der Waals surface area contributed by atoms with Crippen LogP contribution < -0.4 is 48.7 Å². The van der Waals surface area contributed by atoms with E-state index in [0.717, 1.165) is 25.7 Å². The van der Waals surface area contributed by atoms with Crippen molar-refractivity contribution < 1.29 is 96.3 Å². The highest BCUT2D eigenvalue weighted by Gasteiger charge is 2.41. The zero-order valence-electron chi connectivity index (χ0n) is 69.0. The molecular formula is C73H119Cl3N18O20. The van der Waals surface area contributed by atoms with Crippen molar-refractivity contribution in [2.45, 2.75) is 238 Å². The van der Waals surface area contributed by atoms with Crippen LogP contribution >= 0.6 is 35.6 Å². The van der Waals surface area contributed by atoms with Crippen LogP contribution in [0.3, 0.4) is 0 Å². The predicted molar refractivity (Wildman–Crippen MR) is 427 cm³/mol. The minimum Gasteiger partial charge on any atom is -0.473 e. The number of nitrogens with zero attached hydrogens (tertiary/aromatic N) is 9. The zero-order chi connectivity index (χ0) is 87.0. The smallest absolute Gasteiger partial charge is 0.414 e. The average molecular weight is 1680 g/mol. The quantitative estimate of drug-likeness (QED) is 0.0305. The molecule has 11 amide bonds. The number of carboxylic acid groups (broad SMARTS) is 2. The van der Waals surface area contributed by atoms with Gasteiger partial charge in [0.2, 0.25) is 29.4 Å². The molecule has 2 aromatic heterocycles. The molecule has 41 heteroatoms. The van der Waals surface area contributed by atoms with E-state index in [2.05, 4.69) is 57.2 Å². The molecule has 4 saturated carbocycles. The number of nitrogens with one attached hydrogen (secondary N) is 7. The van der Waals surface area contributed by atoms with Gasteiger partial charge in [-0.25, -0.2) is 38.7 Å². The van der Waals surface area contributed by atoms with E-state index in [9.17, 15) is 57.5 Å². The van der Waals surface area contributed by atoms with Crippen molar-refractivity contribution in [1.29, 1.82) is 0 Å². The molecule has 4 aliphatic carbocycles. The number of ketones is 1. The predicted octanol–water partition coefficient (Wildman–Crippen LogP) is 7.42. The molecule has 2 heterocycles. The number of hydrogen-bond acceptors (Lipinski definition) is 23. The number of rotatable bonds is 13. The average Bonchev–Trinajstić information content (AvgIpc) is 0.912. The molecule has 4 fully saturated rings. The Bertz CT molecular complexity index is 3520. The summed E-state index contributed by atoms with van der Waals surface area (Å²) in [4.78, 5) is 178. The summed E-state index contributed by atoms with van der Waals surface area (Å²) < 4.78 is 21.0. The maximum Gasteiger partial charge on any atom is 0.414 e. The number of ether oxygens (including phenoxy) is 4. The van der Waals surface area contributed by atoms with Crippen molar-refractivity contribution in [2.75, 3.05) is 67.0 Å². The third-order valence-electron chi connectivity index (χ3n) is 16.6. The van der Waals surface area contributed by atoms with E-state index in [1.54, 1.807) is 119 Å². The van der Waals surface area contributed by atoms with Gasteiger partial charge in [-0.2, -0.15) is 0 Å². The highest BCUT2D eigenvalue weighted by molar-refractivity contribution is 6.40. The number of pyridine rings is 2. The van der Waals surface area contributed by atoms with Gasteiger partial charge in [-0.05, 0) is 190 Å². The molecule has 4 aliphatic rings. The first-order chi connectivity index (χ1) is 51.9. The van der Waals surface area contributed by atoms with E-state index in [0.29, 0.717) is 67.2 Å². The van der Waals surface area contributed by atoms with E-state index in [4.69, 9.17) is 78.9 Å². The Morgan fingerprint density at radius 1 is 0.439 bits per heavy atom. The Balaban J connectivity index is 0.00000140. The van der Waals surface area contributed by atoms with E-state index in [-0.39, 0.29) is 95.7 Å². The second-order valence-corrected chi connectivity index (χ2v) is 32.8. The summed E-state index contributed by atoms with van der Waals surface area (Å²) in [5, 5.41) is 37.8. The van der Waals surface area contributed by atoms with Crippen molar-refractivity contribution in [3.05, 3.63) is 57.1 Å². The second-order valence-electron chi connectivity index (χ2n) is 32.0. The van der Waals surface area contributed by atoms with Crippen LogP contribution in [-0.2, 0) is 66.9 Å². The number of carbonyl (C=O) groups excluding carboxylic acids is 12. The van der Waals surface area contributed by atoms with Crippen LogP contribution in [0.4, 0.5) is 30.8 Å². The SMILES string of the molecule is CC(=O)C(=O)Nc1ccc(Cl)cn1.CN(C)C(=O)[C@H]1CC[C@H](N)[C@H](NC(=O)OC(C)(C)C)C1.CN(C)C(=O)[C@H]1CC[C@H](N)[C@H](NC(=O)OC(C)(C)C)C1.CN(C)C(=O)[C@H]1CC[C@H](N=[N+]=[N-])[C@H](NC(=O)OC(C)(C)C)C1.CN(C)C(=O)[C@H]1CC[C@H](NC(=O)C(=O)Nc2ccc(Cl)cn2)[C@H](NC(=O)OC(C)(C)C)C1.Cl.O=C(O)C(=O)O. The van der Waals surface area contributed by atoms with E-state index < -0.39 is 100 Å². The maximum absolute atomic E-state index is 12.5. The molecule has 6 rings (SSSR count). The van der Waals surface area contributed by atoms with Crippen molar-refractivity contribution in [3.8, 4) is 0 Å². The lowest BCUT2D eigenvalue weighted by Crippen LogP contribution is -2.57. The Morgan fingerprint density at radius 3 is 1.02 bits per heavy atom. The molecule has 0 aliphatic heterocycles. The lowest BCUT2D eigenvalue weighted by molar-refractivity contribution is -0.159. The highest BCUT2D eigenvalue weighted by Crippen LogP contribution is 2.31. The Morgan fingerprint density at radius 2 is 0.728 bits per heavy atom. The number of Topliss-reactive ketones (excluding diaryl/α,β-unsaturated/α-hetero) is 1. The lowest BCUT2D eigenvalue weighted by Gasteiger charge is -2.37. The lowest BCUT2D eigenvalue weighted by atomic mass is 9.81. The van der Waals surface area contributed by atoms with Crippen molar-refractivity contribution in [1.82, 2.24) is 56.2 Å². The number of aliphatic carboxylic acids is 2. The summed E-state index contributed by atoms with van der Waals surface area (Å²) in [6, 6.07) is 3.51. The molecule has 0 aromatic carbocycles. The topological polar surface area (TPSA) is 540 Å². The van der Waals surface area contributed by atoms with Crippen molar-refractivity contribution >= 4 is 131 Å². The molecule has 13 N–H and O–H groups in total. The molecule has 0 radical (unpaired) electrons. The number of alkyl carbamates (subject to hydrolysis) is 4. The summed E-state index contributed by atoms with van der Waals surface area (Å²) in [7, 11) is 13.7. The van der Waals surface area contributed by atoms with Crippen LogP contribution in [0.2, 0.25) is 10.0 Å². The normalized spacial score (nSPS) is 21.4. The first kappa shape index (κ1) is 104. The summed E-state index contributed by atoms with van der Waals surface area (Å²) in [6.07, 6.45) is 7.56. The number of anilines is 2. The fourth-order valence-corrected chi connectivity index (χ4v) is 11.7. The van der Waals surface area contributed by atoms with Crippen LogP contribution in [0, 0.1) is 23.7 Å². The first-order valence-electron chi connectivity index (χ1n) is 36.4. The highest BCUT2D eigenvalue weighted by atomic mass is 35.5. The van der Waals surface area contributed by atoms with Crippen LogP contribution in [0.1, 0.15) is 167 Å². The minimum atomic E-state index is -1.82. The fraction of sp³-hybridized carbons (Fsp3) is 0.671. The number of carbonyl (C=O) groups is 14. The molecule has 0 unspecified atom stereocenters. The van der Waals surface area contributed by atoms with Crippen LogP contribution in [0.25, 0.3) is 10.4 Å². The Labute approximate surface area is 682 Å². The molecule has 2 aromatic rings. The first-order valence-corrected chi connectivity index (χ1v) is 37.2. The Hall–Kier alpha value is -9.62. The van der Waals surface area contributed by atoms with Gasteiger partial charge < -0.3 is 97.4 Å². The zero-order valence-corrected chi connectivity index (χ0v) is 71.3. The van der Waals surface area contributed by atoms with Crippen molar-refractivity contribution in [3.63, 3.8) is 0 Å². The number of halogens is 3. The van der Waals surface area contributed by atoms with Gasteiger partial charge in [0.25, 0.3) is 5.91 Å².